The summed E-state index contributed by atoms with van der Waals surface area (Å²) < 4.78 is 13.0. The maximum atomic E-state index is 13.0. The molecule has 1 saturated carbocycles. The monoisotopic (exact) mass is 441 g/mol. The van der Waals surface area contributed by atoms with Crippen LogP contribution in [0.25, 0.3) is 6.08 Å². The quantitative estimate of drug-likeness (QED) is 0.566. The molecule has 162 valence electrons. The first-order valence-electron chi connectivity index (χ1n) is 10.4. The minimum atomic E-state index is -0.395. The Balaban J connectivity index is 1.23. The number of hydrogen-bond donors (Lipinski definition) is 3. The summed E-state index contributed by atoms with van der Waals surface area (Å²) in [6, 6.07) is 9.14. The number of rotatable bonds is 7. The van der Waals surface area contributed by atoms with Crippen molar-refractivity contribution in [3.8, 4) is 0 Å². The van der Waals surface area contributed by atoms with Crippen molar-refractivity contribution < 1.29 is 14.0 Å². The van der Waals surface area contributed by atoms with Crippen LogP contribution in [0.5, 0.6) is 0 Å². The number of hydrogen-bond acceptors (Lipinski definition) is 7. The summed E-state index contributed by atoms with van der Waals surface area (Å²) >= 11 is 0.873. The third-order valence-electron chi connectivity index (χ3n) is 5.42. The van der Waals surface area contributed by atoms with E-state index in [0.717, 1.165) is 56.0 Å². The van der Waals surface area contributed by atoms with Crippen LogP contribution in [0.4, 0.5) is 15.1 Å². The fourth-order valence-corrected chi connectivity index (χ4v) is 4.44. The summed E-state index contributed by atoms with van der Waals surface area (Å²) in [5.74, 6) is -0.0723. The lowest BCUT2D eigenvalue weighted by molar-refractivity contribution is -0.115. The normalized spacial score (nSPS) is 22.5. The summed E-state index contributed by atoms with van der Waals surface area (Å²) in [5.41, 5.74) is 1.72. The molecule has 1 aliphatic heterocycles. The molecular formula is C22H24FN5O2S. The minimum Gasteiger partial charge on any atom is -0.351 e. The second-order valence-corrected chi connectivity index (χ2v) is 8.70. The predicted molar refractivity (Wildman–Crippen MR) is 119 cm³/mol. The predicted octanol–water partition coefficient (Wildman–Crippen LogP) is 3.50. The fourth-order valence-electron chi connectivity index (χ4n) is 3.77. The van der Waals surface area contributed by atoms with Gasteiger partial charge in [-0.15, -0.1) is 0 Å². The van der Waals surface area contributed by atoms with Crippen molar-refractivity contribution >= 4 is 34.9 Å². The second kappa shape index (κ2) is 10.0. The molecule has 0 spiro atoms. The van der Waals surface area contributed by atoms with E-state index in [-0.39, 0.29) is 11.1 Å². The van der Waals surface area contributed by atoms with Gasteiger partial charge >= 0.3 is 0 Å². The Kier molecular flexibility index (Phi) is 6.93. The van der Waals surface area contributed by atoms with Crippen molar-refractivity contribution in [3.05, 3.63) is 58.5 Å². The number of aromatic nitrogens is 2. The van der Waals surface area contributed by atoms with Gasteiger partial charge in [0.15, 0.2) is 0 Å². The van der Waals surface area contributed by atoms with E-state index < -0.39 is 5.91 Å². The molecule has 9 heteroatoms. The standard InChI is InChI=1S/C22H24FN5O2S/c23-15-3-1-14(2-4-15)9-11-24-16-5-7-17(8-6-16)26-21-25-12-10-18(27-21)13-19-20(29)28-22(30)31-19/h1-4,10,12-13,16-17,24H,5-9,11H2,(H,25,26,27)(H,28,29,30)/b19-13-. The summed E-state index contributed by atoms with van der Waals surface area (Å²) in [4.78, 5) is 32.0. The molecule has 0 unspecified atom stereocenters. The second-order valence-electron chi connectivity index (χ2n) is 7.68. The zero-order valence-electron chi connectivity index (χ0n) is 16.9. The number of imide groups is 1. The van der Waals surface area contributed by atoms with Crippen molar-refractivity contribution in [2.75, 3.05) is 11.9 Å². The van der Waals surface area contributed by atoms with Crippen LogP contribution in [0, 0.1) is 5.82 Å². The summed E-state index contributed by atoms with van der Waals surface area (Å²) in [6.45, 7) is 0.877. The number of carbonyl (C=O) groups is 2. The van der Waals surface area contributed by atoms with Crippen LogP contribution in [-0.2, 0) is 11.2 Å². The van der Waals surface area contributed by atoms with Gasteiger partial charge in [0.2, 0.25) is 5.95 Å². The van der Waals surface area contributed by atoms with Gasteiger partial charge < -0.3 is 10.6 Å². The van der Waals surface area contributed by atoms with Gasteiger partial charge in [-0.2, -0.15) is 0 Å². The van der Waals surface area contributed by atoms with Gasteiger partial charge in [-0.05, 0) is 80.2 Å². The molecular weight excluding hydrogens is 417 g/mol. The lowest BCUT2D eigenvalue weighted by atomic mass is 9.91. The Labute approximate surface area is 184 Å². The van der Waals surface area contributed by atoms with Gasteiger partial charge in [0.25, 0.3) is 11.1 Å². The van der Waals surface area contributed by atoms with Crippen LogP contribution >= 0.6 is 11.8 Å². The SMILES string of the molecule is O=C1NC(=O)/C(=C/c2ccnc(NC3CCC(NCCc4ccc(F)cc4)CC3)n2)S1. The topological polar surface area (TPSA) is 96.0 Å². The number of amides is 2. The Morgan fingerprint density at radius 1 is 1.10 bits per heavy atom. The number of thioether (sulfide) groups is 1. The van der Waals surface area contributed by atoms with Crippen molar-refractivity contribution in [2.45, 2.75) is 44.2 Å². The number of nitrogens with one attached hydrogen (secondary N) is 3. The first-order valence-corrected chi connectivity index (χ1v) is 11.2. The molecule has 1 aromatic carbocycles. The summed E-state index contributed by atoms with van der Waals surface area (Å²) in [5, 5.41) is 8.85. The highest BCUT2D eigenvalue weighted by Gasteiger charge is 2.25. The average molecular weight is 442 g/mol. The Morgan fingerprint density at radius 2 is 1.84 bits per heavy atom. The van der Waals surface area contributed by atoms with Crippen LogP contribution in [0.2, 0.25) is 0 Å². The van der Waals surface area contributed by atoms with Crippen molar-refractivity contribution in [1.82, 2.24) is 20.6 Å². The van der Waals surface area contributed by atoms with Gasteiger partial charge in [-0.1, -0.05) is 12.1 Å². The first-order chi connectivity index (χ1) is 15.0. The molecule has 4 rings (SSSR count). The lowest BCUT2D eigenvalue weighted by Crippen LogP contribution is -2.38. The first kappa shape index (κ1) is 21.5. The van der Waals surface area contributed by atoms with E-state index in [1.807, 2.05) is 12.1 Å². The minimum absolute atomic E-state index is 0.202. The maximum absolute atomic E-state index is 13.0. The van der Waals surface area contributed by atoms with E-state index >= 15 is 0 Å². The molecule has 2 amide bonds. The average Bonchev–Trinajstić information content (AvgIpc) is 3.07. The third-order valence-corrected chi connectivity index (χ3v) is 6.23. The van der Waals surface area contributed by atoms with E-state index in [0.29, 0.717) is 28.6 Å². The van der Waals surface area contributed by atoms with Crippen LogP contribution in [-0.4, -0.2) is 39.7 Å². The molecule has 2 heterocycles. The van der Waals surface area contributed by atoms with E-state index in [4.69, 9.17) is 0 Å². The lowest BCUT2D eigenvalue weighted by Gasteiger charge is -2.29. The number of halogens is 1. The summed E-state index contributed by atoms with van der Waals surface area (Å²) in [6.07, 6.45) is 8.26. The van der Waals surface area contributed by atoms with Crippen molar-refractivity contribution in [1.29, 1.82) is 0 Å². The van der Waals surface area contributed by atoms with Crippen LogP contribution in [0.15, 0.2) is 41.4 Å². The molecule has 2 aliphatic rings. The Hall–Kier alpha value is -2.78. The molecule has 7 nitrogen and oxygen atoms in total. The van der Waals surface area contributed by atoms with E-state index in [1.165, 1.54) is 12.1 Å². The van der Waals surface area contributed by atoms with Crippen LogP contribution in [0.3, 0.4) is 0 Å². The molecule has 0 atom stereocenters. The number of nitrogens with zero attached hydrogens (tertiary/aromatic N) is 2. The zero-order valence-corrected chi connectivity index (χ0v) is 17.8. The summed E-state index contributed by atoms with van der Waals surface area (Å²) in [7, 11) is 0. The number of anilines is 1. The molecule has 2 fully saturated rings. The van der Waals surface area contributed by atoms with Crippen molar-refractivity contribution in [3.63, 3.8) is 0 Å². The molecule has 1 aromatic heterocycles. The maximum Gasteiger partial charge on any atom is 0.290 e. The molecule has 0 bridgehead atoms. The van der Waals surface area contributed by atoms with E-state index in [9.17, 15) is 14.0 Å². The van der Waals surface area contributed by atoms with Gasteiger partial charge in [0.1, 0.15) is 5.82 Å². The number of benzene rings is 1. The smallest absolute Gasteiger partial charge is 0.290 e. The molecule has 1 saturated heterocycles. The highest BCUT2D eigenvalue weighted by Crippen LogP contribution is 2.25. The third kappa shape index (κ3) is 6.11. The van der Waals surface area contributed by atoms with Crippen LogP contribution in [0.1, 0.15) is 36.9 Å². The van der Waals surface area contributed by atoms with Gasteiger partial charge in [0.05, 0.1) is 10.6 Å². The zero-order chi connectivity index (χ0) is 21.6. The molecule has 1 aliphatic carbocycles. The molecule has 2 aromatic rings. The highest BCUT2D eigenvalue weighted by atomic mass is 32.2. The largest absolute Gasteiger partial charge is 0.351 e. The Bertz CT molecular complexity index is 974. The number of carbonyl (C=O) groups excluding carboxylic acids is 2. The molecule has 0 radical (unpaired) electrons. The highest BCUT2D eigenvalue weighted by molar-refractivity contribution is 8.18. The molecule has 3 N–H and O–H groups in total. The van der Waals surface area contributed by atoms with E-state index in [1.54, 1.807) is 18.3 Å². The van der Waals surface area contributed by atoms with E-state index in [2.05, 4.69) is 25.9 Å². The van der Waals surface area contributed by atoms with Gasteiger partial charge in [0, 0.05) is 18.3 Å². The van der Waals surface area contributed by atoms with Gasteiger partial charge in [-0.25, -0.2) is 14.4 Å². The fraction of sp³-hybridized carbons (Fsp3) is 0.364. The van der Waals surface area contributed by atoms with Crippen LogP contribution < -0.4 is 16.0 Å². The van der Waals surface area contributed by atoms with Gasteiger partial charge in [-0.3, -0.25) is 14.9 Å². The Morgan fingerprint density at radius 3 is 2.55 bits per heavy atom. The molecule has 31 heavy (non-hydrogen) atoms. The van der Waals surface area contributed by atoms with Crippen molar-refractivity contribution in [2.24, 2.45) is 0 Å².